The summed E-state index contributed by atoms with van der Waals surface area (Å²) in [6.45, 7) is 3.39. The monoisotopic (exact) mass is 331 g/mol. The molecule has 2 aromatic carbocycles. The van der Waals surface area contributed by atoms with Crippen molar-refractivity contribution >= 4 is 10.1 Å². The molecule has 1 heterocycles. The standard InChI is InChI=1S/C18H21NO3S/c1-15-7-9-17(10-8-15)23(20,21)22-18(11-13-19-14-12-18)16-5-3-2-4-6-16/h2-10,19H,11-14H2,1H3. The van der Waals surface area contributed by atoms with Crippen molar-refractivity contribution in [3.63, 3.8) is 0 Å². The Morgan fingerprint density at radius 2 is 1.57 bits per heavy atom. The van der Waals surface area contributed by atoms with Crippen molar-refractivity contribution in [1.82, 2.24) is 5.32 Å². The van der Waals surface area contributed by atoms with Crippen molar-refractivity contribution in [3.05, 3.63) is 65.7 Å². The molecule has 0 amide bonds. The van der Waals surface area contributed by atoms with Gasteiger partial charge in [0.1, 0.15) is 5.60 Å². The highest BCUT2D eigenvalue weighted by atomic mass is 32.2. The molecule has 0 aromatic heterocycles. The molecule has 5 heteroatoms. The van der Waals surface area contributed by atoms with Crippen LogP contribution in [0.3, 0.4) is 0 Å². The summed E-state index contributed by atoms with van der Waals surface area (Å²) < 4.78 is 31.3. The molecule has 1 saturated heterocycles. The molecule has 122 valence electrons. The third-order valence-electron chi connectivity index (χ3n) is 4.29. The zero-order chi connectivity index (χ0) is 16.3. The Morgan fingerprint density at radius 1 is 0.957 bits per heavy atom. The van der Waals surface area contributed by atoms with Crippen molar-refractivity contribution in [2.45, 2.75) is 30.3 Å². The molecule has 2 aromatic rings. The van der Waals surface area contributed by atoms with E-state index in [1.807, 2.05) is 37.3 Å². The Hall–Kier alpha value is -1.69. The van der Waals surface area contributed by atoms with E-state index in [4.69, 9.17) is 4.18 Å². The zero-order valence-electron chi connectivity index (χ0n) is 13.2. The number of aryl methyl sites for hydroxylation is 1. The molecule has 0 saturated carbocycles. The third-order valence-corrected chi connectivity index (χ3v) is 5.68. The van der Waals surface area contributed by atoms with Gasteiger partial charge in [0, 0.05) is 0 Å². The van der Waals surface area contributed by atoms with Crippen LogP contribution in [0.25, 0.3) is 0 Å². The van der Waals surface area contributed by atoms with Crippen LogP contribution in [0, 0.1) is 6.92 Å². The van der Waals surface area contributed by atoms with Gasteiger partial charge < -0.3 is 5.32 Å². The lowest BCUT2D eigenvalue weighted by molar-refractivity contribution is 0.0404. The van der Waals surface area contributed by atoms with Gasteiger partial charge in [-0.1, -0.05) is 48.0 Å². The van der Waals surface area contributed by atoms with Crippen molar-refractivity contribution < 1.29 is 12.6 Å². The second-order valence-corrected chi connectivity index (χ2v) is 7.51. The smallest absolute Gasteiger partial charge is 0.297 e. The number of nitrogens with one attached hydrogen (secondary N) is 1. The number of benzene rings is 2. The summed E-state index contributed by atoms with van der Waals surface area (Å²) in [5.74, 6) is 0. The van der Waals surface area contributed by atoms with Gasteiger partial charge in [0.25, 0.3) is 10.1 Å². The van der Waals surface area contributed by atoms with E-state index >= 15 is 0 Å². The van der Waals surface area contributed by atoms with Crippen LogP contribution in [0.4, 0.5) is 0 Å². The SMILES string of the molecule is Cc1ccc(S(=O)(=O)OC2(c3ccccc3)CCNCC2)cc1. The van der Waals surface area contributed by atoms with E-state index in [2.05, 4.69) is 5.32 Å². The van der Waals surface area contributed by atoms with E-state index in [-0.39, 0.29) is 4.90 Å². The normalized spacial score (nSPS) is 17.8. The van der Waals surface area contributed by atoms with Gasteiger partial charge in [0.2, 0.25) is 0 Å². The maximum atomic E-state index is 12.7. The molecule has 1 N–H and O–H groups in total. The van der Waals surface area contributed by atoms with Gasteiger partial charge in [0.05, 0.1) is 4.90 Å². The van der Waals surface area contributed by atoms with E-state index in [1.165, 1.54) is 0 Å². The van der Waals surface area contributed by atoms with E-state index in [9.17, 15) is 8.42 Å². The summed E-state index contributed by atoms with van der Waals surface area (Å²) in [4.78, 5) is 0.205. The first-order valence-electron chi connectivity index (χ1n) is 7.80. The summed E-state index contributed by atoms with van der Waals surface area (Å²) in [6.07, 6.45) is 1.25. The van der Waals surface area contributed by atoms with Crippen LogP contribution in [0.15, 0.2) is 59.5 Å². The molecule has 1 aliphatic heterocycles. The highest BCUT2D eigenvalue weighted by molar-refractivity contribution is 7.86. The lowest BCUT2D eigenvalue weighted by atomic mass is 9.85. The van der Waals surface area contributed by atoms with Crippen LogP contribution in [0.1, 0.15) is 24.0 Å². The van der Waals surface area contributed by atoms with Crippen LogP contribution >= 0.6 is 0 Å². The Kier molecular flexibility index (Phi) is 4.53. The van der Waals surface area contributed by atoms with Crippen molar-refractivity contribution in [2.75, 3.05) is 13.1 Å². The van der Waals surface area contributed by atoms with Crippen LogP contribution < -0.4 is 5.32 Å². The van der Waals surface area contributed by atoms with Gasteiger partial charge in [-0.2, -0.15) is 8.42 Å². The number of hydrogen-bond acceptors (Lipinski definition) is 4. The van der Waals surface area contributed by atoms with Crippen molar-refractivity contribution in [2.24, 2.45) is 0 Å². The largest absolute Gasteiger partial charge is 0.316 e. The molecule has 3 rings (SSSR count). The Balaban J connectivity index is 1.97. The summed E-state index contributed by atoms with van der Waals surface area (Å²) in [5.41, 5.74) is 1.14. The molecular weight excluding hydrogens is 310 g/mol. The average molecular weight is 331 g/mol. The number of rotatable bonds is 4. The first-order chi connectivity index (χ1) is 11.0. The van der Waals surface area contributed by atoms with Gasteiger partial charge in [0.15, 0.2) is 0 Å². The Morgan fingerprint density at radius 3 is 2.17 bits per heavy atom. The third kappa shape index (κ3) is 3.47. The summed E-state index contributed by atoms with van der Waals surface area (Å²) in [6, 6.07) is 16.4. The zero-order valence-corrected chi connectivity index (χ0v) is 14.0. The summed E-state index contributed by atoms with van der Waals surface area (Å²) >= 11 is 0. The fraction of sp³-hybridized carbons (Fsp3) is 0.333. The highest BCUT2D eigenvalue weighted by Crippen LogP contribution is 2.37. The summed E-state index contributed by atoms with van der Waals surface area (Å²) in [5, 5.41) is 3.27. The Bertz CT molecular complexity index is 749. The van der Waals surface area contributed by atoms with Gasteiger partial charge >= 0.3 is 0 Å². The molecule has 1 fully saturated rings. The number of piperidine rings is 1. The van der Waals surface area contributed by atoms with Crippen molar-refractivity contribution in [3.8, 4) is 0 Å². The van der Waals surface area contributed by atoms with E-state index in [0.717, 1.165) is 24.2 Å². The van der Waals surface area contributed by atoms with E-state index in [0.29, 0.717) is 12.8 Å². The second-order valence-electron chi connectivity index (χ2n) is 5.96. The first kappa shape index (κ1) is 16.2. The molecule has 0 spiro atoms. The maximum absolute atomic E-state index is 12.7. The minimum Gasteiger partial charge on any atom is -0.316 e. The minimum atomic E-state index is -3.81. The topological polar surface area (TPSA) is 55.4 Å². The number of hydrogen-bond donors (Lipinski definition) is 1. The molecule has 4 nitrogen and oxygen atoms in total. The van der Waals surface area contributed by atoms with Gasteiger partial charge in [-0.3, -0.25) is 4.18 Å². The molecule has 1 aliphatic rings. The predicted octanol–water partition coefficient (Wildman–Crippen LogP) is 2.98. The molecule has 0 atom stereocenters. The van der Waals surface area contributed by atoms with Gasteiger partial charge in [-0.05, 0) is 50.6 Å². The molecule has 0 unspecified atom stereocenters. The summed E-state index contributed by atoms with van der Waals surface area (Å²) in [7, 11) is -3.81. The molecule has 0 bridgehead atoms. The van der Waals surface area contributed by atoms with Gasteiger partial charge in [-0.15, -0.1) is 0 Å². The quantitative estimate of drug-likeness (QED) is 0.875. The lowest BCUT2D eigenvalue weighted by Gasteiger charge is -2.37. The highest BCUT2D eigenvalue weighted by Gasteiger charge is 2.39. The molecule has 23 heavy (non-hydrogen) atoms. The van der Waals surface area contributed by atoms with E-state index < -0.39 is 15.7 Å². The fourth-order valence-corrected chi connectivity index (χ4v) is 4.20. The second kappa shape index (κ2) is 6.43. The fourth-order valence-electron chi connectivity index (χ4n) is 2.96. The molecular formula is C18H21NO3S. The van der Waals surface area contributed by atoms with Crippen LogP contribution in [0.5, 0.6) is 0 Å². The lowest BCUT2D eigenvalue weighted by Crippen LogP contribution is -2.43. The molecule has 0 radical (unpaired) electrons. The van der Waals surface area contributed by atoms with E-state index in [1.54, 1.807) is 24.3 Å². The minimum absolute atomic E-state index is 0.205. The van der Waals surface area contributed by atoms with Crippen LogP contribution in [0.2, 0.25) is 0 Å². The average Bonchev–Trinajstić information content (AvgIpc) is 2.56. The molecule has 0 aliphatic carbocycles. The van der Waals surface area contributed by atoms with Crippen LogP contribution in [-0.2, 0) is 19.9 Å². The first-order valence-corrected chi connectivity index (χ1v) is 9.21. The Labute approximate surface area is 137 Å². The van der Waals surface area contributed by atoms with Crippen LogP contribution in [-0.4, -0.2) is 21.5 Å². The predicted molar refractivity (Wildman–Crippen MR) is 89.7 cm³/mol. The van der Waals surface area contributed by atoms with Gasteiger partial charge in [-0.25, -0.2) is 0 Å². The maximum Gasteiger partial charge on any atom is 0.297 e. The van der Waals surface area contributed by atoms with Crippen molar-refractivity contribution in [1.29, 1.82) is 0 Å².